The summed E-state index contributed by atoms with van der Waals surface area (Å²) < 4.78 is 2.05. The van der Waals surface area contributed by atoms with Crippen molar-refractivity contribution in [3.63, 3.8) is 0 Å². The van der Waals surface area contributed by atoms with Crippen LogP contribution in [0, 0.1) is 0 Å². The molecule has 0 bridgehead atoms. The van der Waals surface area contributed by atoms with Gasteiger partial charge in [0.25, 0.3) is 0 Å². The predicted octanol–water partition coefficient (Wildman–Crippen LogP) is 2.27. The molecule has 1 aromatic heterocycles. The average molecular weight is 362 g/mol. The fraction of sp³-hybridized carbons (Fsp3) is 0.500. The Hall–Kier alpha value is -1.92. The van der Waals surface area contributed by atoms with E-state index in [4.69, 9.17) is 0 Å². The minimum Gasteiger partial charge on any atom is -0.333 e. The van der Waals surface area contributed by atoms with Crippen molar-refractivity contribution in [2.75, 3.05) is 13.1 Å². The largest absolute Gasteiger partial charge is 0.333 e. The smallest absolute Gasteiger partial charge is 0.245 e. The van der Waals surface area contributed by atoms with Crippen LogP contribution in [-0.2, 0) is 17.8 Å². The van der Waals surface area contributed by atoms with Crippen LogP contribution >= 0.6 is 12.4 Å². The molecule has 1 amide bonds. The third-order valence-corrected chi connectivity index (χ3v) is 5.07. The van der Waals surface area contributed by atoms with Crippen molar-refractivity contribution < 1.29 is 4.79 Å². The second-order valence-electron chi connectivity index (χ2n) is 6.66. The van der Waals surface area contributed by atoms with Gasteiger partial charge in [0.2, 0.25) is 5.91 Å². The number of halogens is 1. The van der Waals surface area contributed by atoms with Crippen LogP contribution in [0.2, 0.25) is 0 Å². The molecule has 0 aliphatic carbocycles. The third kappa shape index (κ3) is 3.41. The Morgan fingerprint density at radius 3 is 2.76 bits per heavy atom. The van der Waals surface area contributed by atoms with Crippen molar-refractivity contribution in [2.24, 2.45) is 0 Å². The summed E-state index contributed by atoms with van der Waals surface area (Å²) in [7, 11) is 0. The first-order chi connectivity index (χ1) is 11.7. The maximum absolute atomic E-state index is 12.8. The first-order valence-corrected chi connectivity index (χ1v) is 8.74. The highest BCUT2D eigenvalue weighted by Gasteiger charge is 2.35. The lowest BCUT2D eigenvalue weighted by atomic mass is 10.1. The van der Waals surface area contributed by atoms with Crippen molar-refractivity contribution in [1.29, 1.82) is 0 Å². The van der Waals surface area contributed by atoms with Gasteiger partial charge in [-0.15, -0.1) is 22.6 Å². The number of nitrogens with one attached hydrogen (secondary N) is 1. The molecule has 0 saturated carbocycles. The molecule has 1 saturated heterocycles. The van der Waals surface area contributed by atoms with Gasteiger partial charge in [0.1, 0.15) is 6.04 Å². The van der Waals surface area contributed by atoms with E-state index < -0.39 is 0 Å². The van der Waals surface area contributed by atoms with Crippen LogP contribution in [0.5, 0.6) is 0 Å². The molecule has 134 valence electrons. The number of fused-ring (bicyclic) bond motifs is 1. The van der Waals surface area contributed by atoms with Crippen molar-refractivity contribution in [3.8, 4) is 0 Å². The fourth-order valence-electron chi connectivity index (χ4n) is 3.73. The number of rotatable bonds is 4. The molecule has 2 aliphatic heterocycles. The number of amides is 1. The molecular formula is C18H24ClN5O. The fourth-order valence-corrected chi connectivity index (χ4v) is 3.73. The molecule has 1 fully saturated rings. The second-order valence-corrected chi connectivity index (χ2v) is 6.66. The van der Waals surface area contributed by atoms with Crippen LogP contribution in [-0.4, -0.2) is 38.7 Å². The molecule has 2 atom stereocenters. The van der Waals surface area contributed by atoms with Crippen LogP contribution in [0.25, 0.3) is 0 Å². The minimum atomic E-state index is -0.225. The summed E-state index contributed by atoms with van der Waals surface area (Å²) in [6.45, 7) is 4.24. The van der Waals surface area contributed by atoms with E-state index in [0.717, 1.165) is 44.0 Å². The zero-order chi connectivity index (χ0) is 16.5. The topological polar surface area (TPSA) is 63.1 Å². The Morgan fingerprint density at radius 1 is 1.24 bits per heavy atom. The molecule has 6 nitrogen and oxygen atoms in total. The van der Waals surface area contributed by atoms with Gasteiger partial charge in [0.15, 0.2) is 11.6 Å². The van der Waals surface area contributed by atoms with Gasteiger partial charge >= 0.3 is 0 Å². The van der Waals surface area contributed by atoms with Crippen LogP contribution in [0.15, 0.2) is 30.3 Å². The van der Waals surface area contributed by atoms with E-state index in [0.29, 0.717) is 6.54 Å². The summed E-state index contributed by atoms with van der Waals surface area (Å²) in [5.74, 6) is 1.99. The molecule has 7 heteroatoms. The SMILES string of the molecule is C[C@H]1C(=O)N(CCc2ccccc2)Cc2nnc([C@@H]3CCCN3)n21.Cl. The normalized spacial score (nSPS) is 22.6. The van der Waals surface area contributed by atoms with E-state index in [1.807, 2.05) is 34.6 Å². The van der Waals surface area contributed by atoms with Gasteiger partial charge in [0.05, 0.1) is 12.6 Å². The summed E-state index contributed by atoms with van der Waals surface area (Å²) in [5, 5.41) is 12.2. The van der Waals surface area contributed by atoms with E-state index in [-0.39, 0.29) is 30.4 Å². The second kappa shape index (κ2) is 7.54. The lowest BCUT2D eigenvalue weighted by Gasteiger charge is -2.32. The minimum absolute atomic E-state index is 0. The molecule has 0 spiro atoms. The van der Waals surface area contributed by atoms with Gasteiger partial charge in [-0.05, 0) is 38.3 Å². The van der Waals surface area contributed by atoms with Crippen molar-refractivity contribution in [1.82, 2.24) is 25.0 Å². The monoisotopic (exact) mass is 361 g/mol. The average Bonchev–Trinajstić information content (AvgIpc) is 3.27. The van der Waals surface area contributed by atoms with Gasteiger partial charge in [-0.3, -0.25) is 9.36 Å². The number of aromatic nitrogens is 3. The van der Waals surface area contributed by atoms with E-state index in [1.165, 1.54) is 5.56 Å². The van der Waals surface area contributed by atoms with Crippen molar-refractivity contribution in [3.05, 3.63) is 47.5 Å². The summed E-state index contributed by atoms with van der Waals surface area (Å²) in [6.07, 6.45) is 3.08. The van der Waals surface area contributed by atoms with Gasteiger partial charge < -0.3 is 10.2 Å². The standard InChI is InChI=1S/C18H23N5O.ClH/c1-13-18(24)22(11-9-14-6-3-2-4-7-14)12-16-20-21-17(23(13)16)15-8-5-10-19-15;/h2-4,6-7,13,15,19H,5,8-12H2,1H3;1H/t13-,15-;/m0./s1. The van der Waals surface area contributed by atoms with Crippen LogP contribution in [0.1, 0.15) is 49.1 Å². The summed E-state index contributed by atoms with van der Waals surface area (Å²) in [6, 6.07) is 10.3. The molecule has 1 aromatic carbocycles. The van der Waals surface area contributed by atoms with Crippen LogP contribution < -0.4 is 5.32 Å². The highest BCUT2D eigenvalue weighted by atomic mass is 35.5. The number of hydrogen-bond donors (Lipinski definition) is 1. The molecule has 0 radical (unpaired) electrons. The molecule has 0 unspecified atom stereocenters. The molecule has 3 heterocycles. The third-order valence-electron chi connectivity index (χ3n) is 5.07. The first-order valence-electron chi connectivity index (χ1n) is 8.74. The molecule has 2 aliphatic rings. The number of hydrogen-bond acceptors (Lipinski definition) is 4. The summed E-state index contributed by atoms with van der Waals surface area (Å²) >= 11 is 0. The Kier molecular flexibility index (Phi) is 5.39. The van der Waals surface area contributed by atoms with E-state index in [2.05, 4.69) is 27.6 Å². The van der Waals surface area contributed by atoms with Crippen LogP contribution in [0.3, 0.4) is 0 Å². The predicted molar refractivity (Wildman–Crippen MR) is 97.5 cm³/mol. The maximum Gasteiger partial charge on any atom is 0.245 e. The Bertz CT molecular complexity index is 726. The van der Waals surface area contributed by atoms with E-state index >= 15 is 0 Å². The maximum atomic E-state index is 12.8. The van der Waals surface area contributed by atoms with Gasteiger partial charge in [-0.25, -0.2) is 0 Å². The Morgan fingerprint density at radius 2 is 2.04 bits per heavy atom. The molecule has 2 aromatic rings. The van der Waals surface area contributed by atoms with Crippen molar-refractivity contribution >= 4 is 18.3 Å². The van der Waals surface area contributed by atoms with Gasteiger partial charge in [-0.1, -0.05) is 30.3 Å². The number of nitrogens with zero attached hydrogens (tertiary/aromatic N) is 4. The van der Waals surface area contributed by atoms with E-state index in [9.17, 15) is 4.79 Å². The zero-order valence-electron chi connectivity index (χ0n) is 14.4. The molecule has 4 rings (SSSR count). The van der Waals surface area contributed by atoms with E-state index in [1.54, 1.807) is 0 Å². The number of carbonyl (C=O) groups is 1. The van der Waals surface area contributed by atoms with Crippen LogP contribution in [0.4, 0.5) is 0 Å². The molecule has 25 heavy (non-hydrogen) atoms. The Labute approximate surface area is 154 Å². The lowest BCUT2D eigenvalue weighted by molar-refractivity contribution is -0.137. The molecular weight excluding hydrogens is 338 g/mol. The summed E-state index contributed by atoms with van der Waals surface area (Å²) in [4.78, 5) is 14.7. The van der Waals surface area contributed by atoms with Gasteiger partial charge in [-0.2, -0.15) is 0 Å². The highest BCUT2D eigenvalue weighted by Crippen LogP contribution is 2.29. The lowest BCUT2D eigenvalue weighted by Crippen LogP contribution is -2.43. The quantitative estimate of drug-likeness (QED) is 0.907. The number of benzene rings is 1. The Balaban J connectivity index is 0.00000182. The summed E-state index contributed by atoms with van der Waals surface area (Å²) in [5.41, 5.74) is 1.25. The molecule has 1 N–H and O–H groups in total. The zero-order valence-corrected chi connectivity index (χ0v) is 15.2. The first kappa shape index (κ1) is 17.9. The highest BCUT2D eigenvalue weighted by molar-refractivity contribution is 5.85. The number of carbonyl (C=O) groups excluding carboxylic acids is 1. The van der Waals surface area contributed by atoms with Gasteiger partial charge in [0, 0.05) is 6.54 Å². The van der Waals surface area contributed by atoms with Crippen molar-refractivity contribution in [2.45, 2.75) is 44.8 Å².